The molecular formula is C22H30N2O4. The number of rotatable bonds is 8. The molecule has 0 bridgehead atoms. The molecule has 0 fully saturated rings. The number of methoxy groups -OCH3 is 1. The van der Waals surface area contributed by atoms with Gasteiger partial charge in [0.05, 0.1) is 12.5 Å². The highest BCUT2D eigenvalue weighted by Crippen LogP contribution is 2.23. The van der Waals surface area contributed by atoms with Gasteiger partial charge < -0.3 is 14.8 Å². The number of aryl methyl sites for hydroxylation is 1. The first-order valence-corrected chi connectivity index (χ1v) is 9.58. The third-order valence-corrected chi connectivity index (χ3v) is 4.77. The summed E-state index contributed by atoms with van der Waals surface area (Å²) < 4.78 is 10.6. The van der Waals surface area contributed by atoms with Gasteiger partial charge in [0.2, 0.25) is 11.8 Å². The first-order valence-electron chi connectivity index (χ1n) is 9.58. The zero-order chi connectivity index (χ0) is 20.9. The van der Waals surface area contributed by atoms with Crippen molar-refractivity contribution in [1.82, 2.24) is 10.3 Å². The van der Waals surface area contributed by atoms with Gasteiger partial charge in [0.1, 0.15) is 12.6 Å². The fourth-order valence-corrected chi connectivity index (χ4v) is 2.75. The average molecular weight is 386 g/mol. The summed E-state index contributed by atoms with van der Waals surface area (Å²) in [5.41, 5.74) is 0.398. The Bertz CT molecular complexity index is 846. The number of amides is 1. The predicted octanol–water partition coefficient (Wildman–Crippen LogP) is 3.52. The van der Waals surface area contributed by atoms with E-state index < -0.39 is 17.4 Å². The van der Waals surface area contributed by atoms with Gasteiger partial charge in [0, 0.05) is 17.6 Å². The highest BCUT2D eigenvalue weighted by molar-refractivity contribution is 5.88. The second-order valence-electron chi connectivity index (χ2n) is 7.95. The number of hydrogen-bond acceptors (Lipinski definition) is 5. The van der Waals surface area contributed by atoms with E-state index in [1.54, 1.807) is 20.0 Å². The molecule has 2 aromatic rings. The second-order valence-corrected chi connectivity index (χ2v) is 7.95. The summed E-state index contributed by atoms with van der Waals surface area (Å²) in [6.45, 7) is 9.50. The molecule has 152 valence electrons. The molecule has 6 nitrogen and oxygen atoms in total. The number of nitrogens with one attached hydrogen (secondary N) is 1. The molecule has 1 atom stereocenters. The lowest BCUT2D eigenvalue weighted by Crippen LogP contribution is -2.51. The van der Waals surface area contributed by atoms with E-state index in [9.17, 15) is 9.59 Å². The van der Waals surface area contributed by atoms with Crippen molar-refractivity contribution in [2.24, 2.45) is 11.3 Å². The normalized spacial score (nSPS) is 12.7. The monoisotopic (exact) mass is 386 g/mol. The van der Waals surface area contributed by atoms with Crippen LogP contribution >= 0.6 is 0 Å². The lowest BCUT2D eigenvalue weighted by molar-refractivity contribution is -0.148. The van der Waals surface area contributed by atoms with Crippen molar-refractivity contribution in [3.05, 3.63) is 36.0 Å². The summed E-state index contributed by atoms with van der Waals surface area (Å²) in [6.07, 6.45) is 2.72. The van der Waals surface area contributed by atoms with Gasteiger partial charge in [0.15, 0.2) is 0 Å². The predicted molar refractivity (Wildman–Crippen MR) is 109 cm³/mol. The number of carbonyl (C=O) groups is 2. The van der Waals surface area contributed by atoms with Crippen LogP contribution < -0.4 is 10.1 Å². The van der Waals surface area contributed by atoms with Crippen LogP contribution in [0.1, 0.15) is 40.2 Å². The molecule has 2 rings (SSSR count). The topological polar surface area (TPSA) is 77.5 Å². The van der Waals surface area contributed by atoms with Gasteiger partial charge in [-0.2, -0.15) is 0 Å². The van der Waals surface area contributed by atoms with Crippen LogP contribution in [0.4, 0.5) is 0 Å². The van der Waals surface area contributed by atoms with Crippen LogP contribution in [-0.2, 0) is 20.7 Å². The molecule has 28 heavy (non-hydrogen) atoms. The highest BCUT2D eigenvalue weighted by atomic mass is 16.5. The Balaban J connectivity index is 2.08. The van der Waals surface area contributed by atoms with E-state index in [0.717, 1.165) is 17.2 Å². The van der Waals surface area contributed by atoms with Gasteiger partial charge in [-0.25, -0.2) is 9.78 Å². The van der Waals surface area contributed by atoms with Gasteiger partial charge in [-0.05, 0) is 37.1 Å². The van der Waals surface area contributed by atoms with Crippen molar-refractivity contribution in [3.63, 3.8) is 0 Å². The van der Waals surface area contributed by atoms with Crippen LogP contribution in [0.5, 0.6) is 5.88 Å². The Morgan fingerprint density at radius 2 is 1.89 bits per heavy atom. The van der Waals surface area contributed by atoms with Gasteiger partial charge in [-0.3, -0.25) is 4.79 Å². The minimum atomic E-state index is -0.844. The van der Waals surface area contributed by atoms with Gasteiger partial charge in [0.25, 0.3) is 0 Å². The molecule has 0 saturated heterocycles. The zero-order valence-electron chi connectivity index (χ0n) is 17.5. The maximum absolute atomic E-state index is 12.7. The van der Waals surface area contributed by atoms with Crippen LogP contribution in [0.2, 0.25) is 0 Å². The smallest absolute Gasteiger partial charge is 0.328 e. The molecule has 0 saturated carbocycles. The largest absolute Gasteiger partial charge is 0.477 e. The van der Waals surface area contributed by atoms with Crippen molar-refractivity contribution in [2.75, 3.05) is 13.7 Å². The number of pyridine rings is 1. The minimum Gasteiger partial charge on any atom is -0.477 e. The van der Waals surface area contributed by atoms with E-state index in [1.807, 2.05) is 26.0 Å². The maximum atomic E-state index is 12.7. The minimum absolute atomic E-state index is 0.0805. The Morgan fingerprint density at radius 1 is 1.18 bits per heavy atom. The SMILES string of the molecule is CCc1ccc2cnc(OCC(C)(C)C(=O)N[C@H](C(=O)OC)C(C)C)cc2c1. The fourth-order valence-electron chi connectivity index (χ4n) is 2.75. The van der Waals surface area contributed by atoms with Crippen LogP contribution in [0.15, 0.2) is 30.5 Å². The molecule has 1 aromatic heterocycles. The summed E-state index contributed by atoms with van der Waals surface area (Å²) in [5, 5.41) is 4.87. The van der Waals surface area contributed by atoms with Gasteiger partial charge in [-0.15, -0.1) is 0 Å². The third-order valence-electron chi connectivity index (χ3n) is 4.77. The van der Waals surface area contributed by atoms with Crippen molar-refractivity contribution >= 4 is 22.6 Å². The van der Waals surface area contributed by atoms with Crippen LogP contribution in [0.3, 0.4) is 0 Å². The van der Waals surface area contributed by atoms with Gasteiger partial charge in [-0.1, -0.05) is 39.0 Å². The molecule has 0 aliphatic heterocycles. The highest BCUT2D eigenvalue weighted by Gasteiger charge is 2.34. The molecule has 1 amide bonds. The van der Waals surface area contributed by atoms with Crippen molar-refractivity contribution in [2.45, 2.75) is 47.1 Å². The molecule has 1 heterocycles. The summed E-state index contributed by atoms with van der Waals surface area (Å²) in [5.74, 6) is -0.341. The molecule has 0 spiro atoms. The number of aromatic nitrogens is 1. The number of esters is 1. The van der Waals surface area contributed by atoms with E-state index in [-0.39, 0.29) is 18.4 Å². The van der Waals surface area contributed by atoms with Crippen LogP contribution in [0, 0.1) is 11.3 Å². The molecule has 6 heteroatoms. The number of fused-ring (bicyclic) bond motifs is 1. The lowest BCUT2D eigenvalue weighted by atomic mass is 9.92. The Hall–Kier alpha value is -2.63. The first-order chi connectivity index (χ1) is 13.2. The number of hydrogen-bond donors (Lipinski definition) is 1. The van der Waals surface area contributed by atoms with Crippen molar-refractivity contribution in [1.29, 1.82) is 0 Å². The summed E-state index contributed by atoms with van der Waals surface area (Å²) in [7, 11) is 1.31. The van der Waals surface area contributed by atoms with E-state index in [4.69, 9.17) is 9.47 Å². The molecule has 0 aliphatic carbocycles. The Labute approximate surface area is 166 Å². The van der Waals surface area contributed by atoms with Crippen molar-refractivity contribution < 1.29 is 19.1 Å². The quantitative estimate of drug-likeness (QED) is 0.703. The summed E-state index contributed by atoms with van der Waals surface area (Å²) in [4.78, 5) is 28.9. The van der Waals surface area contributed by atoms with Crippen LogP contribution in [-0.4, -0.2) is 36.6 Å². The molecule has 0 unspecified atom stereocenters. The van der Waals surface area contributed by atoms with E-state index >= 15 is 0 Å². The Morgan fingerprint density at radius 3 is 2.50 bits per heavy atom. The zero-order valence-corrected chi connectivity index (χ0v) is 17.5. The molecule has 0 radical (unpaired) electrons. The Kier molecular flexibility index (Phi) is 7.00. The second kappa shape index (κ2) is 9.04. The summed E-state index contributed by atoms with van der Waals surface area (Å²) >= 11 is 0. The van der Waals surface area contributed by atoms with E-state index in [2.05, 4.69) is 29.4 Å². The summed E-state index contributed by atoms with van der Waals surface area (Å²) in [6, 6.07) is 7.44. The lowest BCUT2D eigenvalue weighted by Gasteiger charge is -2.27. The third kappa shape index (κ3) is 5.21. The van der Waals surface area contributed by atoms with E-state index in [0.29, 0.717) is 5.88 Å². The van der Waals surface area contributed by atoms with Crippen LogP contribution in [0.25, 0.3) is 10.8 Å². The molecule has 1 N–H and O–H groups in total. The average Bonchev–Trinajstić information content (AvgIpc) is 2.68. The first kappa shape index (κ1) is 21.7. The maximum Gasteiger partial charge on any atom is 0.328 e. The fraction of sp³-hybridized carbons (Fsp3) is 0.500. The van der Waals surface area contributed by atoms with E-state index in [1.165, 1.54) is 12.7 Å². The standard InChI is InChI=1S/C22H30N2O4/c1-7-15-8-9-16-12-23-18(11-17(16)10-15)28-13-22(4,5)21(26)24-19(14(2)3)20(25)27-6/h8-12,14,19H,7,13H2,1-6H3,(H,24,26)/t19-/m0/s1. The number of benzene rings is 1. The molecule has 1 aromatic carbocycles. The molecule has 0 aliphatic rings. The molecular weight excluding hydrogens is 356 g/mol. The number of ether oxygens (including phenoxy) is 2. The van der Waals surface area contributed by atoms with Crippen molar-refractivity contribution in [3.8, 4) is 5.88 Å². The number of nitrogens with zero attached hydrogens (tertiary/aromatic N) is 1. The van der Waals surface area contributed by atoms with Gasteiger partial charge >= 0.3 is 5.97 Å². The number of carbonyl (C=O) groups excluding carboxylic acids is 2.